The molecule has 0 atom stereocenters. The van der Waals surface area contributed by atoms with Crippen LogP contribution in [-0.2, 0) is 11.2 Å². The Labute approximate surface area is 158 Å². The maximum atomic E-state index is 12.8. The number of aromatic nitrogens is 1. The lowest BCUT2D eigenvalue weighted by molar-refractivity contribution is -0.131. The first-order valence-electron chi connectivity index (χ1n) is 8.77. The van der Waals surface area contributed by atoms with Crippen LogP contribution < -0.4 is 5.32 Å². The molecule has 26 heavy (non-hydrogen) atoms. The van der Waals surface area contributed by atoms with Gasteiger partial charge in [-0.1, -0.05) is 24.3 Å². The number of hydrogen-bond acceptors (Lipinski definition) is 5. The van der Waals surface area contributed by atoms with Gasteiger partial charge < -0.3 is 15.1 Å². The summed E-state index contributed by atoms with van der Waals surface area (Å²) in [5, 5.41) is 3.84. The lowest BCUT2D eigenvalue weighted by atomic mass is 10.1. The zero-order chi connectivity index (χ0) is 18.7. The van der Waals surface area contributed by atoms with E-state index in [-0.39, 0.29) is 11.8 Å². The first-order valence-corrected chi connectivity index (χ1v) is 9.54. The summed E-state index contributed by atoms with van der Waals surface area (Å²) in [6.07, 6.45) is 0.415. The highest BCUT2D eigenvalue weighted by atomic mass is 32.1. The normalized spacial score (nSPS) is 14.4. The van der Waals surface area contributed by atoms with Gasteiger partial charge in [-0.05, 0) is 36.5 Å². The average molecular weight is 372 g/mol. The molecule has 1 aliphatic heterocycles. The minimum atomic E-state index is -0.00778. The standard InChI is InChI=1S/C19H24N4O2S/c1-13-6-4-5-7-15(13)12-16(24)22-8-10-23(11-9-22)19(25)17-14(2)21-26-18(17)20-3/h4-7,20H,8-12H2,1-3H3. The Kier molecular flexibility index (Phi) is 5.56. The molecule has 1 aliphatic rings. The van der Waals surface area contributed by atoms with E-state index in [0.717, 1.165) is 21.8 Å². The summed E-state index contributed by atoms with van der Waals surface area (Å²) in [4.78, 5) is 29.1. The average Bonchev–Trinajstić information content (AvgIpc) is 3.03. The molecule has 0 radical (unpaired) electrons. The van der Waals surface area contributed by atoms with Crippen molar-refractivity contribution in [3.63, 3.8) is 0 Å². The van der Waals surface area contributed by atoms with Gasteiger partial charge in [0, 0.05) is 33.2 Å². The highest BCUT2D eigenvalue weighted by molar-refractivity contribution is 7.10. The number of nitrogens with one attached hydrogen (secondary N) is 1. The number of aryl methyl sites for hydroxylation is 2. The van der Waals surface area contributed by atoms with Crippen LogP contribution in [0.25, 0.3) is 0 Å². The molecule has 0 spiro atoms. The number of rotatable bonds is 4. The van der Waals surface area contributed by atoms with Crippen LogP contribution in [0, 0.1) is 13.8 Å². The molecule has 7 heteroatoms. The molecule has 1 saturated heterocycles. The van der Waals surface area contributed by atoms with Crippen molar-refractivity contribution in [1.29, 1.82) is 0 Å². The third kappa shape index (κ3) is 3.72. The van der Waals surface area contributed by atoms with Gasteiger partial charge >= 0.3 is 0 Å². The van der Waals surface area contributed by atoms with E-state index in [1.807, 2.05) is 47.9 Å². The predicted octanol–water partition coefficient (Wildman–Crippen LogP) is 2.33. The van der Waals surface area contributed by atoms with E-state index in [9.17, 15) is 9.59 Å². The zero-order valence-electron chi connectivity index (χ0n) is 15.4. The molecule has 138 valence electrons. The van der Waals surface area contributed by atoms with Gasteiger partial charge in [0.15, 0.2) is 0 Å². The van der Waals surface area contributed by atoms with Crippen LogP contribution in [0.4, 0.5) is 5.00 Å². The van der Waals surface area contributed by atoms with Gasteiger partial charge in [0.2, 0.25) is 5.91 Å². The topological polar surface area (TPSA) is 65.5 Å². The molecule has 2 heterocycles. The lowest BCUT2D eigenvalue weighted by Gasteiger charge is -2.35. The van der Waals surface area contributed by atoms with E-state index in [0.29, 0.717) is 38.2 Å². The Morgan fingerprint density at radius 2 is 1.77 bits per heavy atom. The summed E-state index contributed by atoms with van der Waals surface area (Å²) in [6.45, 7) is 6.12. The third-order valence-corrected chi connectivity index (χ3v) is 5.78. The first kappa shape index (κ1) is 18.4. The van der Waals surface area contributed by atoms with Gasteiger partial charge in [0.1, 0.15) is 5.00 Å². The summed E-state index contributed by atoms with van der Waals surface area (Å²) in [6, 6.07) is 7.96. The molecule has 1 aromatic carbocycles. The predicted molar refractivity (Wildman–Crippen MR) is 104 cm³/mol. The van der Waals surface area contributed by atoms with Crippen molar-refractivity contribution < 1.29 is 9.59 Å². The van der Waals surface area contributed by atoms with Crippen molar-refractivity contribution in [1.82, 2.24) is 14.2 Å². The first-order chi connectivity index (χ1) is 12.5. The minimum Gasteiger partial charge on any atom is -0.378 e. The summed E-state index contributed by atoms with van der Waals surface area (Å²) in [5.41, 5.74) is 3.60. The fourth-order valence-corrected chi connectivity index (χ4v) is 3.93. The van der Waals surface area contributed by atoms with E-state index in [1.165, 1.54) is 11.5 Å². The maximum absolute atomic E-state index is 12.8. The monoisotopic (exact) mass is 372 g/mol. The largest absolute Gasteiger partial charge is 0.378 e. The SMILES string of the molecule is CNc1snc(C)c1C(=O)N1CCN(C(=O)Cc2ccccc2C)CC1. The van der Waals surface area contributed by atoms with Crippen LogP contribution in [-0.4, -0.2) is 59.2 Å². The summed E-state index contributed by atoms with van der Waals surface area (Å²) >= 11 is 1.30. The van der Waals surface area contributed by atoms with Gasteiger partial charge in [-0.3, -0.25) is 9.59 Å². The molecular formula is C19H24N4O2S. The Hall–Kier alpha value is -2.41. The van der Waals surface area contributed by atoms with Crippen molar-refractivity contribution in [3.05, 3.63) is 46.6 Å². The van der Waals surface area contributed by atoms with Crippen molar-refractivity contribution in [2.45, 2.75) is 20.3 Å². The molecule has 0 aliphatic carbocycles. The second-order valence-corrected chi connectivity index (χ2v) is 7.27. The highest BCUT2D eigenvalue weighted by Gasteiger charge is 2.28. The molecule has 0 saturated carbocycles. The van der Waals surface area contributed by atoms with Crippen LogP contribution in [0.15, 0.2) is 24.3 Å². The number of hydrogen-bond donors (Lipinski definition) is 1. The number of piperazine rings is 1. The number of nitrogens with zero attached hydrogens (tertiary/aromatic N) is 3. The van der Waals surface area contributed by atoms with E-state index in [1.54, 1.807) is 7.05 Å². The van der Waals surface area contributed by atoms with E-state index >= 15 is 0 Å². The molecular weight excluding hydrogens is 348 g/mol. The van der Waals surface area contributed by atoms with Crippen LogP contribution in [0.5, 0.6) is 0 Å². The second kappa shape index (κ2) is 7.86. The summed E-state index contributed by atoms with van der Waals surface area (Å²) in [7, 11) is 1.80. The van der Waals surface area contributed by atoms with Crippen molar-refractivity contribution in [2.24, 2.45) is 0 Å². The quantitative estimate of drug-likeness (QED) is 0.895. The number of anilines is 1. The van der Waals surface area contributed by atoms with E-state index in [4.69, 9.17) is 0 Å². The van der Waals surface area contributed by atoms with Gasteiger partial charge in [-0.25, -0.2) is 0 Å². The zero-order valence-corrected chi connectivity index (χ0v) is 16.2. The number of amides is 2. The van der Waals surface area contributed by atoms with Crippen LogP contribution in [0.3, 0.4) is 0 Å². The Morgan fingerprint density at radius 3 is 2.42 bits per heavy atom. The molecule has 2 aromatic rings. The van der Waals surface area contributed by atoms with Gasteiger partial charge in [-0.2, -0.15) is 4.37 Å². The third-order valence-electron chi connectivity index (χ3n) is 4.83. The maximum Gasteiger partial charge on any atom is 0.258 e. The molecule has 1 aromatic heterocycles. The molecule has 0 unspecified atom stereocenters. The second-order valence-electron chi connectivity index (χ2n) is 6.50. The van der Waals surface area contributed by atoms with Gasteiger partial charge in [0.05, 0.1) is 17.7 Å². The van der Waals surface area contributed by atoms with E-state index < -0.39 is 0 Å². The van der Waals surface area contributed by atoms with Crippen molar-refractivity contribution in [3.8, 4) is 0 Å². The molecule has 2 amide bonds. The fraction of sp³-hybridized carbons (Fsp3) is 0.421. The van der Waals surface area contributed by atoms with Crippen molar-refractivity contribution >= 4 is 28.3 Å². The Bertz CT molecular complexity index is 810. The summed E-state index contributed by atoms with van der Waals surface area (Å²) < 4.78 is 4.27. The van der Waals surface area contributed by atoms with Crippen LogP contribution in [0.2, 0.25) is 0 Å². The minimum absolute atomic E-state index is 0.00778. The fourth-order valence-electron chi connectivity index (χ4n) is 3.19. The molecule has 3 rings (SSSR count). The summed E-state index contributed by atoms with van der Waals surface area (Å²) in [5.74, 6) is 0.113. The van der Waals surface area contributed by atoms with Crippen LogP contribution in [0.1, 0.15) is 27.2 Å². The Morgan fingerprint density at radius 1 is 1.12 bits per heavy atom. The lowest BCUT2D eigenvalue weighted by Crippen LogP contribution is -2.51. The van der Waals surface area contributed by atoms with Gasteiger partial charge in [-0.15, -0.1) is 0 Å². The van der Waals surface area contributed by atoms with Crippen molar-refractivity contribution in [2.75, 3.05) is 38.5 Å². The number of benzene rings is 1. The van der Waals surface area contributed by atoms with Crippen LogP contribution >= 0.6 is 11.5 Å². The smallest absolute Gasteiger partial charge is 0.258 e. The van der Waals surface area contributed by atoms with Gasteiger partial charge in [0.25, 0.3) is 5.91 Å². The Balaban J connectivity index is 1.60. The molecule has 0 bridgehead atoms. The molecule has 1 fully saturated rings. The van der Waals surface area contributed by atoms with E-state index in [2.05, 4.69) is 9.69 Å². The number of carbonyl (C=O) groups is 2. The molecule has 6 nitrogen and oxygen atoms in total. The highest BCUT2D eigenvalue weighted by Crippen LogP contribution is 2.25. The molecule has 1 N–H and O–H groups in total. The number of carbonyl (C=O) groups excluding carboxylic acids is 2.